The minimum Gasteiger partial charge on any atom is -0.379 e. The number of ether oxygens (including phenoxy) is 1. The number of morpholine rings is 1. The van der Waals surface area contributed by atoms with E-state index in [1.807, 2.05) is 0 Å². The fourth-order valence-electron chi connectivity index (χ4n) is 0.516. The monoisotopic (exact) mass is 136 g/mol. The highest BCUT2D eigenvalue weighted by atomic mass is 16.5. The van der Waals surface area contributed by atoms with Gasteiger partial charge in [-0.2, -0.15) is 0 Å². The zero-order valence-electron chi connectivity index (χ0n) is 5.60. The molecule has 0 aliphatic carbocycles. The molecule has 5 heteroatoms. The number of nitrogens with two attached hydrogens (primary N) is 2. The van der Waals surface area contributed by atoms with E-state index >= 15 is 0 Å². The fraction of sp³-hybridized carbons (Fsp3) is 1.00. The summed E-state index contributed by atoms with van der Waals surface area (Å²) in [7, 11) is 0. The standard InChI is InChI=1S/C4H9NO.H4N2.H3N/c1-3-6-4-2-5-1;1-2;/h5H,1-4H2;1-2H2;1H3. The van der Waals surface area contributed by atoms with Gasteiger partial charge in [0.15, 0.2) is 0 Å². The maximum absolute atomic E-state index is 5.01. The molecule has 0 aromatic carbocycles. The lowest BCUT2D eigenvalue weighted by Crippen LogP contribution is -2.30. The molecule has 1 saturated heterocycles. The van der Waals surface area contributed by atoms with Crippen molar-refractivity contribution in [1.82, 2.24) is 11.5 Å². The Balaban J connectivity index is 0. The number of nitrogens with one attached hydrogen (secondary N) is 1. The van der Waals surface area contributed by atoms with Crippen molar-refractivity contribution in [3.63, 3.8) is 0 Å². The summed E-state index contributed by atoms with van der Waals surface area (Å²) in [4.78, 5) is 0. The van der Waals surface area contributed by atoms with Gasteiger partial charge in [0, 0.05) is 13.1 Å². The molecule has 0 spiro atoms. The van der Waals surface area contributed by atoms with Crippen molar-refractivity contribution >= 4 is 0 Å². The van der Waals surface area contributed by atoms with E-state index in [0.29, 0.717) is 0 Å². The highest BCUT2D eigenvalue weighted by Crippen LogP contribution is 1.76. The van der Waals surface area contributed by atoms with E-state index in [9.17, 15) is 0 Å². The Labute approximate surface area is 55.3 Å². The summed E-state index contributed by atoms with van der Waals surface area (Å²) in [5.41, 5.74) is 0. The van der Waals surface area contributed by atoms with E-state index in [4.69, 9.17) is 4.74 Å². The molecule has 58 valence electrons. The van der Waals surface area contributed by atoms with Gasteiger partial charge in [-0.25, -0.2) is 0 Å². The van der Waals surface area contributed by atoms with Gasteiger partial charge < -0.3 is 16.2 Å². The van der Waals surface area contributed by atoms with Crippen LogP contribution in [0.15, 0.2) is 0 Å². The van der Waals surface area contributed by atoms with Crippen LogP contribution in [0.4, 0.5) is 0 Å². The van der Waals surface area contributed by atoms with Crippen molar-refractivity contribution in [1.29, 1.82) is 0 Å². The van der Waals surface area contributed by atoms with Gasteiger partial charge in [0.05, 0.1) is 13.2 Å². The van der Waals surface area contributed by atoms with E-state index in [1.165, 1.54) is 0 Å². The van der Waals surface area contributed by atoms with Crippen LogP contribution in [0, 0.1) is 0 Å². The first kappa shape index (κ1) is 11.6. The van der Waals surface area contributed by atoms with Gasteiger partial charge in [-0.15, -0.1) is 0 Å². The largest absolute Gasteiger partial charge is 0.379 e. The van der Waals surface area contributed by atoms with Gasteiger partial charge in [0.1, 0.15) is 0 Å². The van der Waals surface area contributed by atoms with Gasteiger partial charge in [0.25, 0.3) is 0 Å². The number of hydrazine groups is 1. The summed E-state index contributed by atoms with van der Waals surface area (Å²) in [6.07, 6.45) is 0. The highest BCUT2D eigenvalue weighted by Gasteiger charge is 1.92. The molecule has 5 nitrogen and oxygen atoms in total. The molecule has 1 heterocycles. The minimum absolute atomic E-state index is 0. The molecule has 0 unspecified atom stereocenters. The lowest BCUT2D eigenvalue weighted by molar-refractivity contribution is 0.109. The Bertz CT molecular complexity index is 28.0. The van der Waals surface area contributed by atoms with Crippen LogP contribution in [-0.2, 0) is 4.74 Å². The van der Waals surface area contributed by atoms with Crippen LogP contribution in [0.5, 0.6) is 0 Å². The van der Waals surface area contributed by atoms with E-state index in [-0.39, 0.29) is 6.15 Å². The first-order chi connectivity index (χ1) is 4.00. The van der Waals surface area contributed by atoms with Crippen molar-refractivity contribution in [3.05, 3.63) is 0 Å². The van der Waals surface area contributed by atoms with Gasteiger partial charge >= 0.3 is 0 Å². The average molecular weight is 136 g/mol. The van der Waals surface area contributed by atoms with E-state index in [2.05, 4.69) is 17.0 Å². The van der Waals surface area contributed by atoms with Crippen LogP contribution in [0.2, 0.25) is 0 Å². The molecule has 1 rings (SSSR count). The van der Waals surface area contributed by atoms with E-state index in [1.54, 1.807) is 0 Å². The maximum Gasteiger partial charge on any atom is 0.0591 e. The second kappa shape index (κ2) is 10.7. The topological polar surface area (TPSA) is 108 Å². The second-order valence-electron chi connectivity index (χ2n) is 1.36. The molecular formula is C4H16N4O. The Hall–Kier alpha value is -0.200. The van der Waals surface area contributed by atoms with Crippen molar-refractivity contribution < 1.29 is 4.74 Å². The van der Waals surface area contributed by atoms with Crippen LogP contribution in [0.25, 0.3) is 0 Å². The summed E-state index contributed by atoms with van der Waals surface area (Å²) >= 11 is 0. The quantitative estimate of drug-likeness (QED) is 0.241. The molecule has 0 aromatic heterocycles. The fourth-order valence-corrected chi connectivity index (χ4v) is 0.516. The van der Waals surface area contributed by atoms with Crippen molar-refractivity contribution in [2.24, 2.45) is 11.7 Å². The van der Waals surface area contributed by atoms with Crippen molar-refractivity contribution in [2.75, 3.05) is 26.3 Å². The third-order valence-corrected chi connectivity index (χ3v) is 0.846. The van der Waals surface area contributed by atoms with Crippen LogP contribution < -0.4 is 23.2 Å². The summed E-state index contributed by atoms with van der Waals surface area (Å²) in [5, 5.41) is 3.16. The third-order valence-electron chi connectivity index (χ3n) is 0.846. The molecule has 1 aliphatic heterocycles. The molecule has 1 aliphatic rings. The molecule has 0 atom stereocenters. The second-order valence-corrected chi connectivity index (χ2v) is 1.36. The number of rotatable bonds is 0. The average Bonchev–Trinajstić information content (AvgIpc) is 1.96. The molecule has 0 radical (unpaired) electrons. The molecule has 0 amide bonds. The molecule has 0 saturated carbocycles. The van der Waals surface area contributed by atoms with Gasteiger partial charge in [0.2, 0.25) is 0 Å². The summed E-state index contributed by atoms with van der Waals surface area (Å²) < 4.78 is 5.01. The molecule has 0 aromatic rings. The highest BCUT2D eigenvalue weighted by molar-refractivity contribution is 4.49. The lowest BCUT2D eigenvalue weighted by Gasteiger charge is -2.10. The van der Waals surface area contributed by atoms with Gasteiger partial charge in [-0.1, -0.05) is 0 Å². The van der Waals surface area contributed by atoms with Crippen LogP contribution in [0.3, 0.4) is 0 Å². The SMILES string of the molecule is C1COCCN1.N.NN. The lowest BCUT2D eigenvalue weighted by atomic mass is 10.5. The zero-order valence-corrected chi connectivity index (χ0v) is 5.60. The minimum atomic E-state index is 0. The normalized spacial score (nSPS) is 16.7. The van der Waals surface area contributed by atoms with E-state index < -0.39 is 0 Å². The van der Waals surface area contributed by atoms with Crippen molar-refractivity contribution in [3.8, 4) is 0 Å². The predicted octanol–water partition coefficient (Wildman–Crippen LogP) is -1.41. The number of hydrogen-bond acceptors (Lipinski definition) is 5. The summed E-state index contributed by atoms with van der Waals surface area (Å²) in [6.45, 7) is 3.83. The molecule has 8 N–H and O–H groups in total. The van der Waals surface area contributed by atoms with Gasteiger partial charge in [-0.05, 0) is 0 Å². The van der Waals surface area contributed by atoms with Crippen LogP contribution in [0.1, 0.15) is 0 Å². The smallest absolute Gasteiger partial charge is 0.0591 e. The van der Waals surface area contributed by atoms with Gasteiger partial charge in [-0.3, -0.25) is 11.7 Å². The Morgan fingerprint density at radius 2 is 1.56 bits per heavy atom. The first-order valence-corrected chi connectivity index (χ1v) is 2.62. The van der Waals surface area contributed by atoms with Crippen LogP contribution in [-0.4, -0.2) is 26.3 Å². The summed E-state index contributed by atoms with van der Waals surface area (Å²) in [5.74, 6) is 8.00. The van der Waals surface area contributed by atoms with E-state index in [0.717, 1.165) is 26.3 Å². The Morgan fingerprint density at radius 3 is 1.67 bits per heavy atom. The third kappa shape index (κ3) is 7.80. The molecule has 9 heavy (non-hydrogen) atoms. The zero-order chi connectivity index (χ0) is 6.24. The number of hydrogen-bond donors (Lipinski definition) is 4. The maximum atomic E-state index is 5.01. The van der Waals surface area contributed by atoms with Crippen molar-refractivity contribution in [2.45, 2.75) is 0 Å². The Kier molecular flexibility index (Phi) is 13.8. The van der Waals surface area contributed by atoms with Crippen LogP contribution >= 0.6 is 0 Å². The predicted molar refractivity (Wildman–Crippen MR) is 37.1 cm³/mol. The molecule has 1 fully saturated rings. The Morgan fingerprint density at radius 1 is 1.11 bits per heavy atom. The molecular weight excluding hydrogens is 120 g/mol. The molecule has 0 bridgehead atoms. The summed E-state index contributed by atoms with van der Waals surface area (Å²) in [6, 6.07) is 0. The first-order valence-electron chi connectivity index (χ1n) is 2.62.